The Kier molecular flexibility index (Phi) is 5.41. The zero-order chi connectivity index (χ0) is 13.4. The van der Waals surface area contributed by atoms with Gasteiger partial charge in [-0.3, -0.25) is 4.79 Å². The highest BCUT2D eigenvalue weighted by Crippen LogP contribution is 2.09. The Hall–Kier alpha value is -2.33. The van der Waals surface area contributed by atoms with Gasteiger partial charge in [0, 0.05) is 16.7 Å². The van der Waals surface area contributed by atoms with Crippen molar-refractivity contribution < 1.29 is 4.79 Å². The molecule has 1 nitrogen and oxygen atoms in total. The Bertz CT molecular complexity index is 563. The largest absolute Gasteiger partial charge is 0.298 e. The maximum atomic E-state index is 10.7. The first-order valence-corrected chi connectivity index (χ1v) is 5.74. The van der Waals surface area contributed by atoms with Gasteiger partial charge in [-0.25, -0.2) is 0 Å². The SMILES string of the molecule is C=C/C(C#Cc1cc(C=O)ccc1C)=C\C=C/C. The fourth-order valence-corrected chi connectivity index (χ4v) is 1.35. The van der Waals surface area contributed by atoms with Gasteiger partial charge in [-0.05, 0) is 31.6 Å². The van der Waals surface area contributed by atoms with Crippen molar-refractivity contribution in [2.75, 3.05) is 0 Å². The summed E-state index contributed by atoms with van der Waals surface area (Å²) in [4.78, 5) is 10.7. The quantitative estimate of drug-likeness (QED) is 0.442. The Morgan fingerprint density at radius 1 is 1.39 bits per heavy atom. The summed E-state index contributed by atoms with van der Waals surface area (Å²) in [6.07, 6.45) is 8.29. The minimum Gasteiger partial charge on any atom is -0.298 e. The number of hydrogen-bond donors (Lipinski definition) is 0. The highest BCUT2D eigenvalue weighted by molar-refractivity contribution is 5.76. The van der Waals surface area contributed by atoms with E-state index in [1.165, 1.54) is 0 Å². The molecule has 1 aromatic rings. The molecule has 0 saturated heterocycles. The molecular weight excluding hydrogens is 220 g/mol. The molecule has 1 heteroatoms. The van der Waals surface area contributed by atoms with Crippen LogP contribution in [-0.2, 0) is 0 Å². The zero-order valence-corrected chi connectivity index (χ0v) is 10.7. The molecule has 0 bridgehead atoms. The third kappa shape index (κ3) is 3.92. The van der Waals surface area contributed by atoms with Crippen LogP contribution in [0.25, 0.3) is 0 Å². The smallest absolute Gasteiger partial charge is 0.150 e. The van der Waals surface area contributed by atoms with E-state index in [4.69, 9.17) is 0 Å². The van der Waals surface area contributed by atoms with Crippen molar-refractivity contribution in [1.82, 2.24) is 0 Å². The monoisotopic (exact) mass is 236 g/mol. The molecule has 18 heavy (non-hydrogen) atoms. The molecule has 0 spiro atoms. The molecular formula is C17H16O. The van der Waals surface area contributed by atoms with Crippen LogP contribution in [0, 0.1) is 18.8 Å². The lowest BCUT2D eigenvalue weighted by atomic mass is 10.1. The zero-order valence-electron chi connectivity index (χ0n) is 10.7. The van der Waals surface area contributed by atoms with E-state index in [2.05, 4.69) is 18.4 Å². The Labute approximate surface area is 109 Å². The van der Waals surface area contributed by atoms with Gasteiger partial charge >= 0.3 is 0 Å². The normalized spacial score (nSPS) is 10.9. The lowest BCUT2D eigenvalue weighted by Crippen LogP contribution is -1.86. The van der Waals surface area contributed by atoms with E-state index in [1.807, 2.05) is 38.1 Å². The number of rotatable bonds is 3. The summed E-state index contributed by atoms with van der Waals surface area (Å²) in [7, 11) is 0. The van der Waals surface area contributed by atoms with Crippen molar-refractivity contribution in [3.63, 3.8) is 0 Å². The second kappa shape index (κ2) is 7.09. The summed E-state index contributed by atoms with van der Waals surface area (Å²) in [5, 5.41) is 0. The number of carbonyl (C=O) groups excluding carboxylic acids is 1. The molecule has 0 aliphatic rings. The van der Waals surface area contributed by atoms with Crippen molar-refractivity contribution in [2.24, 2.45) is 0 Å². The van der Waals surface area contributed by atoms with Crippen LogP contribution in [-0.4, -0.2) is 6.29 Å². The molecule has 0 radical (unpaired) electrons. The predicted octanol–water partition coefficient (Wildman–Crippen LogP) is 3.85. The summed E-state index contributed by atoms with van der Waals surface area (Å²) < 4.78 is 0. The van der Waals surface area contributed by atoms with Gasteiger partial charge in [0.2, 0.25) is 0 Å². The van der Waals surface area contributed by atoms with E-state index in [-0.39, 0.29) is 0 Å². The van der Waals surface area contributed by atoms with Crippen LogP contribution in [0.15, 0.2) is 54.7 Å². The summed E-state index contributed by atoms with van der Waals surface area (Å²) in [5.41, 5.74) is 3.42. The lowest BCUT2D eigenvalue weighted by molar-refractivity contribution is 0.112. The molecule has 0 unspecified atom stereocenters. The molecule has 1 rings (SSSR count). The fraction of sp³-hybridized carbons (Fsp3) is 0.118. The maximum Gasteiger partial charge on any atom is 0.150 e. The standard InChI is InChI=1S/C17H16O/c1-4-6-7-15(5-2)10-11-17-12-16(13-18)9-8-14(17)3/h4-9,12-13H,2H2,1,3H3/b6-4-,15-7+. The molecule has 0 amide bonds. The van der Waals surface area contributed by atoms with E-state index in [9.17, 15) is 4.79 Å². The highest BCUT2D eigenvalue weighted by Gasteiger charge is 1.96. The average Bonchev–Trinajstić information content (AvgIpc) is 2.40. The summed E-state index contributed by atoms with van der Waals surface area (Å²) in [5.74, 6) is 6.10. The van der Waals surface area contributed by atoms with Crippen LogP contribution in [0.2, 0.25) is 0 Å². The van der Waals surface area contributed by atoms with Crippen LogP contribution in [0.1, 0.15) is 28.4 Å². The first-order valence-electron chi connectivity index (χ1n) is 5.74. The molecule has 0 atom stereocenters. The van der Waals surface area contributed by atoms with E-state index < -0.39 is 0 Å². The second-order valence-electron chi connectivity index (χ2n) is 3.79. The molecule has 90 valence electrons. The maximum absolute atomic E-state index is 10.7. The Morgan fingerprint density at radius 3 is 2.78 bits per heavy atom. The Balaban J connectivity index is 3.10. The number of carbonyl (C=O) groups is 1. The van der Waals surface area contributed by atoms with Gasteiger partial charge in [-0.2, -0.15) is 0 Å². The van der Waals surface area contributed by atoms with Crippen LogP contribution < -0.4 is 0 Å². The lowest BCUT2D eigenvalue weighted by Gasteiger charge is -1.98. The van der Waals surface area contributed by atoms with Crippen molar-refractivity contribution in [3.05, 3.63) is 71.3 Å². The number of allylic oxidation sites excluding steroid dienone is 5. The fourth-order valence-electron chi connectivity index (χ4n) is 1.35. The third-order valence-electron chi connectivity index (χ3n) is 2.43. The van der Waals surface area contributed by atoms with Crippen molar-refractivity contribution in [1.29, 1.82) is 0 Å². The second-order valence-corrected chi connectivity index (χ2v) is 3.79. The van der Waals surface area contributed by atoms with Crippen LogP contribution in [0.3, 0.4) is 0 Å². The van der Waals surface area contributed by atoms with Crippen molar-refractivity contribution in [3.8, 4) is 11.8 Å². The summed E-state index contributed by atoms with van der Waals surface area (Å²) in [6, 6.07) is 5.49. The topological polar surface area (TPSA) is 17.1 Å². The molecule has 1 aromatic carbocycles. The first-order chi connectivity index (χ1) is 8.71. The van der Waals surface area contributed by atoms with E-state index >= 15 is 0 Å². The molecule has 0 aliphatic carbocycles. The highest BCUT2D eigenvalue weighted by atomic mass is 16.1. The van der Waals surface area contributed by atoms with Gasteiger partial charge < -0.3 is 0 Å². The molecule has 0 heterocycles. The predicted molar refractivity (Wildman–Crippen MR) is 76.5 cm³/mol. The minimum absolute atomic E-state index is 0.641. The van der Waals surface area contributed by atoms with Gasteiger partial charge in [0.25, 0.3) is 0 Å². The minimum atomic E-state index is 0.641. The first kappa shape index (κ1) is 13.7. The van der Waals surface area contributed by atoms with E-state index in [0.29, 0.717) is 5.56 Å². The van der Waals surface area contributed by atoms with Gasteiger partial charge in [-0.1, -0.05) is 48.8 Å². The summed E-state index contributed by atoms with van der Waals surface area (Å²) >= 11 is 0. The van der Waals surface area contributed by atoms with Gasteiger partial charge in [0.1, 0.15) is 6.29 Å². The Morgan fingerprint density at radius 2 is 2.17 bits per heavy atom. The van der Waals surface area contributed by atoms with Gasteiger partial charge in [0.15, 0.2) is 0 Å². The number of hydrogen-bond acceptors (Lipinski definition) is 1. The van der Waals surface area contributed by atoms with E-state index in [0.717, 1.165) is 23.0 Å². The summed E-state index contributed by atoms with van der Waals surface area (Å²) in [6.45, 7) is 7.64. The van der Waals surface area contributed by atoms with Crippen molar-refractivity contribution >= 4 is 6.29 Å². The third-order valence-corrected chi connectivity index (χ3v) is 2.43. The average molecular weight is 236 g/mol. The number of aldehydes is 1. The van der Waals surface area contributed by atoms with E-state index in [1.54, 1.807) is 18.2 Å². The molecule has 0 aromatic heterocycles. The number of benzene rings is 1. The molecule has 0 saturated carbocycles. The van der Waals surface area contributed by atoms with Gasteiger partial charge in [-0.15, -0.1) is 0 Å². The van der Waals surface area contributed by atoms with Crippen LogP contribution in [0.4, 0.5) is 0 Å². The van der Waals surface area contributed by atoms with Crippen LogP contribution >= 0.6 is 0 Å². The molecule has 0 aliphatic heterocycles. The van der Waals surface area contributed by atoms with Crippen LogP contribution in [0.5, 0.6) is 0 Å². The molecule has 0 N–H and O–H groups in total. The van der Waals surface area contributed by atoms with Crippen molar-refractivity contribution in [2.45, 2.75) is 13.8 Å². The number of aryl methyl sites for hydroxylation is 1. The molecule has 0 fully saturated rings. The van der Waals surface area contributed by atoms with Gasteiger partial charge in [0.05, 0.1) is 0 Å².